The summed E-state index contributed by atoms with van der Waals surface area (Å²) in [4.78, 5) is 25.3. The van der Waals surface area contributed by atoms with Crippen LogP contribution < -0.4 is 0 Å². The second-order valence-corrected chi connectivity index (χ2v) is 2.68. The van der Waals surface area contributed by atoms with Gasteiger partial charge in [0.1, 0.15) is 0 Å². The molecule has 1 heterocycles. The molecule has 0 saturated heterocycles. The fourth-order valence-electron chi connectivity index (χ4n) is 0.967. The van der Waals surface area contributed by atoms with Crippen LogP contribution in [-0.2, 0) is 11.8 Å². The van der Waals surface area contributed by atoms with Gasteiger partial charge in [-0.05, 0) is 0 Å². The van der Waals surface area contributed by atoms with E-state index in [4.69, 9.17) is 5.11 Å². The fourth-order valence-corrected chi connectivity index (χ4v) is 0.967. The second kappa shape index (κ2) is 3.84. The largest absolute Gasteiger partial charge is 0.481 e. The molecule has 1 aromatic rings. The maximum atomic E-state index is 11.3. The van der Waals surface area contributed by atoms with Crippen molar-refractivity contribution in [3.05, 3.63) is 18.2 Å². The van der Waals surface area contributed by atoms with Crippen LogP contribution in [-0.4, -0.2) is 26.4 Å². The van der Waals surface area contributed by atoms with Crippen molar-refractivity contribution in [3.8, 4) is 0 Å². The molecule has 1 rings (SSSR count). The Bertz CT molecular complexity index is 330. The van der Waals surface area contributed by atoms with E-state index in [-0.39, 0.29) is 18.6 Å². The normalized spacial score (nSPS) is 9.92. The summed E-state index contributed by atoms with van der Waals surface area (Å²) in [7, 11) is 1.70. The van der Waals surface area contributed by atoms with Crippen LogP contribution in [0.15, 0.2) is 12.4 Å². The molecule has 5 nitrogen and oxygen atoms in total. The molecule has 0 aliphatic rings. The number of hydrogen-bond acceptors (Lipinski definition) is 3. The van der Waals surface area contributed by atoms with Crippen LogP contribution in [0.1, 0.15) is 23.5 Å². The number of imidazole rings is 1. The third-order valence-electron chi connectivity index (χ3n) is 1.64. The molecule has 1 N–H and O–H groups in total. The number of ketones is 1. The molecule has 0 aliphatic heterocycles. The smallest absolute Gasteiger partial charge is 0.303 e. The molecule has 0 atom stereocenters. The molecule has 0 radical (unpaired) electrons. The van der Waals surface area contributed by atoms with Crippen LogP contribution in [0.25, 0.3) is 0 Å². The molecule has 5 heteroatoms. The van der Waals surface area contributed by atoms with Gasteiger partial charge < -0.3 is 9.67 Å². The zero-order chi connectivity index (χ0) is 9.84. The molecule has 0 fully saturated rings. The molecular formula is C8H10N2O3. The molecule has 0 spiro atoms. The van der Waals surface area contributed by atoms with Crippen molar-refractivity contribution in [3.63, 3.8) is 0 Å². The van der Waals surface area contributed by atoms with Crippen LogP contribution in [0.2, 0.25) is 0 Å². The number of carbonyl (C=O) groups is 2. The number of aromatic nitrogens is 2. The topological polar surface area (TPSA) is 72.2 Å². The van der Waals surface area contributed by atoms with Crippen LogP contribution in [0.4, 0.5) is 0 Å². The SMILES string of the molecule is Cn1ccnc1C(=O)CCC(=O)O. The van der Waals surface area contributed by atoms with Gasteiger partial charge in [-0.25, -0.2) is 4.98 Å². The van der Waals surface area contributed by atoms with Gasteiger partial charge in [0.15, 0.2) is 11.6 Å². The predicted octanol–water partition coefficient (Wildman–Crippen LogP) is 0.468. The maximum Gasteiger partial charge on any atom is 0.303 e. The van der Waals surface area contributed by atoms with E-state index in [0.29, 0.717) is 5.82 Å². The van der Waals surface area contributed by atoms with Crippen molar-refractivity contribution >= 4 is 11.8 Å². The summed E-state index contributed by atoms with van der Waals surface area (Å²) in [5, 5.41) is 8.35. The summed E-state index contributed by atoms with van der Waals surface area (Å²) in [5.74, 6) is -0.904. The first kappa shape index (κ1) is 9.44. The van der Waals surface area contributed by atoms with Gasteiger partial charge in [-0.1, -0.05) is 0 Å². The average Bonchev–Trinajstić information content (AvgIpc) is 2.47. The minimum atomic E-state index is -0.970. The van der Waals surface area contributed by atoms with E-state index in [9.17, 15) is 9.59 Å². The molecule has 70 valence electrons. The van der Waals surface area contributed by atoms with Crippen LogP contribution in [0.3, 0.4) is 0 Å². The van der Waals surface area contributed by atoms with Gasteiger partial charge >= 0.3 is 5.97 Å². The van der Waals surface area contributed by atoms with Gasteiger partial charge in [0, 0.05) is 25.9 Å². The predicted molar refractivity (Wildman–Crippen MR) is 44.4 cm³/mol. The lowest BCUT2D eigenvalue weighted by molar-refractivity contribution is -0.136. The van der Waals surface area contributed by atoms with Gasteiger partial charge in [0.2, 0.25) is 0 Å². The number of Topliss-reactive ketones (excluding diaryl/α,β-unsaturated/α-hetero) is 1. The number of nitrogens with zero attached hydrogens (tertiary/aromatic N) is 2. The van der Waals surface area contributed by atoms with E-state index in [1.807, 2.05) is 0 Å². The van der Waals surface area contributed by atoms with Crippen LogP contribution in [0.5, 0.6) is 0 Å². The summed E-state index contributed by atoms with van der Waals surface area (Å²) in [6.45, 7) is 0. The summed E-state index contributed by atoms with van der Waals surface area (Å²) in [6, 6.07) is 0. The van der Waals surface area contributed by atoms with E-state index in [1.54, 1.807) is 17.8 Å². The summed E-state index contributed by atoms with van der Waals surface area (Å²) in [5.41, 5.74) is 0. The minimum Gasteiger partial charge on any atom is -0.481 e. The monoisotopic (exact) mass is 182 g/mol. The molecule has 0 bridgehead atoms. The lowest BCUT2D eigenvalue weighted by atomic mass is 10.2. The van der Waals surface area contributed by atoms with Crippen molar-refractivity contribution in [2.45, 2.75) is 12.8 Å². The Kier molecular flexibility index (Phi) is 2.79. The molecule has 0 aliphatic carbocycles. The van der Waals surface area contributed by atoms with E-state index in [2.05, 4.69) is 4.98 Å². The van der Waals surface area contributed by atoms with Crippen LogP contribution >= 0.6 is 0 Å². The average molecular weight is 182 g/mol. The van der Waals surface area contributed by atoms with Crippen molar-refractivity contribution in [1.82, 2.24) is 9.55 Å². The van der Waals surface area contributed by atoms with Crippen molar-refractivity contribution in [2.75, 3.05) is 0 Å². The molecule has 0 amide bonds. The first-order valence-corrected chi connectivity index (χ1v) is 3.83. The number of aliphatic carboxylic acids is 1. The van der Waals surface area contributed by atoms with Crippen molar-refractivity contribution in [2.24, 2.45) is 7.05 Å². The van der Waals surface area contributed by atoms with Gasteiger partial charge in [-0.2, -0.15) is 0 Å². The second-order valence-electron chi connectivity index (χ2n) is 2.68. The van der Waals surface area contributed by atoms with Crippen molar-refractivity contribution in [1.29, 1.82) is 0 Å². The van der Waals surface area contributed by atoms with Crippen molar-refractivity contribution < 1.29 is 14.7 Å². The number of carboxylic acid groups (broad SMARTS) is 1. The van der Waals surface area contributed by atoms with Gasteiger partial charge in [0.25, 0.3) is 0 Å². The Morgan fingerprint density at radius 3 is 2.69 bits per heavy atom. The number of carbonyl (C=O) groups excluding carboxylic acids is 1. The van der Waals surface area contributed by atoms with Gasteiger partial charge in [-0.15, -0.1) is 0 Å². The van der Waals surface area contributed by atoms with Gasteiger partial charge in [0.05, 0.1) is 6.42 Å². The Labute approximate surface area is 75.0 Å². The quantitative estimate of drug-likeness (QED) is 0.687. The van der Waals surface area contributed by atoms with Gasteiger partial charge in [-0.3, -0.25) is 9.59 Å². The van der Waals surface area contributed by atoms with E-state index in [1.165, 1.54) is 6.20 Å². The number of carboxylic acids is 1. The van der Waals surface area contributed by atoms with E-state index >= 15 is 0 Å². The first-order valence-electron chi connectivity index (χ1n) is 3.83. The first-order chi connectivity index (χ1) is 6.11. The third kappa shape index (κ3) is 2.40. The molecule has 0 saturated carbocycles. The summed E-state index contributed by atoms with van der Waals surface area (Å²) in [6.07, 6.45) is 3.01. The highest BCUT2D eigenvalue weighted by Gasteiger charge is 2.11. The summed E-state index contributed by atoms with van der Waals surface area (Å²) < 4.78 is 1.57. The highest BCUT2D eigenvalue weighted by molar-refractivity contribution is 5.94. The molecule has 0 unspecified atom stereocenters. The lowest BCUT2D eigenvalue weighted by Crippen LogP contribution is -2.09. The summed E-state index contributed by atoms with van der Waals surface area (Å²) >= 11 is 0. The number of rotatable bonds is 4. The lowest BCUT2D eigenvalue weighted by Gasteiger charge is -1.98. The van der Waals surface area contributed by atoms with Crippen LogP contribution in [0, 0.1) is 0 Å². The minimum absolute atomic E-state index is 0.000185. The maximum absolute atomic E-state index is 11.3. The Balaban J connectivity index is 2.59. The number of aryl methyl sites for hydroxylation is 1. The highest BCUT2D eigenvalue weighted by atomic mass is 16.4. The van der Waals surface area contributed by atoms with E-state index < -0.39 is 5.97 Å². The number of hydrogen-bond donors (Lipinski definition) is 1. The third-order valence-corrected chi connectivity index (χ3v) is 1.64. The highest BCUT2D eigenvalue weighted by Crippen LogP contribution is 2.01. The fraction of sp³-hybridized carbons (Fsp3) is 0.375. The molecular weight excluding hydrogens is 172 g/mol. The van der Waals surface area contributed by atoms with E-state index in [0.717, 1.165) is 0 Å². The Morgan fingerprint density at radius 2 is 2.23 bits per heavy atom. The molecule has 0 aromatic carbocycles. The standard InChI is InChI=1S/C8H10N2O3/c1-10-5-4-9-8(10)6(11)2-3-7(12)13/h4-5H,2-3H2,1H3,(H,12,13). The Morgan fingerprint density at radius 1 is 1.54 bits per heavy atom. The Hall–Kier alpha value is -1.65. The zero-order valence-corrected chi connectivity index (χ0v) is 7.23. The molecule has 1 aromatic heterocycles. The molecule has 13 heavy (non-hydrogen) atoms. The zero-order valence-electron chi connectivity index (χ0n) is 7.23.